The van der Waals surface area contributed by atoms with E-state index in [9.17, 15) is 9.59 Å². The van der Waals surface area contributed by atoms with Crippen LogP contribution in [0.15, 0.2) is 54.6 Å². The van der Waals surface area contributed by atoms with Crippen LogP contribution in [0.3, 0.4) is 0 Å². The molecule has 6 nitrogen and oxygen atoms in total. The molecule has 0 fully saturated rings. The van der Waals surface area contributed by atoms with Gasteiger partial charge >= 0.3 is 5.97 Å². The van der Waals surface area contributed by atoms with Gasteiger partial charge in [0.1, 0.15) is 13.2 Å². The van der Waals surface area contributed by atoms with Gasteiger partial charge in [-0.15, -0.1) is 0 Å². The van der Waals surface area contributed by atoms with E-state index in [1.807, 2.05) is 36.4 Å². The zero-order chi connectivity index (χ0) is 21.3. The summed E-state index contributed by atoms with van der Waals surface area (Å²) in [6, 6.07) is 15.1. The monoisotopic (exact) mass is 409 g/mol. The van der Waals surface area contributed by atoms with Crippen LogP contribution in [0.25, 0.3) is 6.08 Å². The third-order valence-corrected chi connectivity index (χ3v) is 4.57. The average Bonchev–Trinajstić information content (AvgIpc) is 2.76. The number of carbonyl (C=O) groups is 2. The van der Waals surface area contributed by atoms with Crippen LogP contribution in [0.1, 0.15) is 37.4 Å². The Balaban J connectivity index is 1.51. The van der Waals surface area contributed by atoms with Gasteiger partial charge in [-0.25, -0.2) is 4.79 Å². The van der Waals surface area contributed by atoms with E-state index in [-0.39, 0.29) is 18.6 Å². The Morgan fingerprint density at radius 3 is 2.53 bits per heavy atom. The summed E-state index contributed by atoms with van der Waals surface area (Å²) in [6.45, 7) is 4.90. The van der Waals surface area contributed by atoms with Crippen molar-refractivity contribution in [3.05, 3.63) is 65.7 Å². The molecule has 0 saturated heterocycles. The summed E-state index contributed by atoms with van der Waals surface area (Å²) in [6.07, 6.45) is 3.71. The van der Waals surface area contributed by atoms with Gasteiger partial charge in [-0.1, -0.05) is 50.2 Å². The van der Waals surface area contributed by atoms with Crippen LogP contribution in [-0.4, -0.2) is 31.7 Å². The lowest BCUT2D eigenvalue weighted by atomic mass is 9.97. The van der Waals surface area contributed by atoms with Crippen molar-refractivity contribution in [2.24, 2.45) is 5.92 Å². The van der Waals surface area contributed by atoms with Crippen LogP contribution < -0.4 is 14.8 Å². The standard InChI is InChI=1S/C24H27NO5/c1-17(2)14-20(19-6-4-3-5-7-19)25-23(26)16-30-24(27)11-9-18-8-10-21-22(15-18)29-13-12-28-21/h3-11,15,17,20H,12-14,16H2,1-2H3,(H,25,26)/b11-9+/t20-/m0/s1. The van der Waals surface area contributed by atoms with Gasteiger partial charge in [0.25, 0.3) is 5.91 Å². The number of ether oxygens (including phenoxy) is 3. The van der Waals surface area contributed by atoms with Crippen LogP contribution in [0.5, 0.6) is 11.5 Å². The van der Waals surface area contributed by atoms with E-state index in [0.717, 1.165) is 17.5 Å². The molecule has 6 heteroatoms. The Labute approximate surface area is 176 Å². The minimum absolute atomic E-state index is 0.120. The van der Waals surface area contributed by atoms with E-state index < -0.39 is 5.97 Å². The van der Waals surface area contributed by atoms with Crippen LogP contribution in [0.2, 0.25) is 0 Å². The number of fused-ring (bicyclic) bond motifs is 1. The zero-order valence-electron chi connectivity index (χ0n) is 17.3. The molecule has 1 aliphatic rings. The molecule has 0 saturated carbocycles. The first kappa shape index (κ1) is 21.4. The molecule has 2 aromatic rings. The van der Waals surface area contributed by atoms with E-state index in [4.69, 9.17) is 14.2 Å². The van der Waals surface area contributed by atoms with Crippen LogP contribution in [0, 0.1) is 5.92 Å². The highest BCUT2D eigenvalue weighted by Crippen LogP contribution is 2.31. The highest BCUT2D eigenvalue weighted by atomic mass is 16.6. The molecule has 1 aliphatic heterocycles. The predicted octanol–water partition coefficient (Wildman–Crippen LogP) is 3.92. The fraction of sp³-hybridized carbons (Fsp3) is 0.333. The summed E-state index contributed by atoms with van der Waals surface area (Å²) in [5.41, 5.74) is 1.81. The summed E-state index contributed by atoms with van der Waals surface area (Å²) in [4.78, 5) is 24.3. The number of hydrogen-bond acceptors (Lipinski definition) is 5. The molecule has 1 atom stereocenters. The molecule has 0 radical (unpaired) electrons. The summed E-state index contributed by atoms with van der Waals surface area (Å²) >= 11 is 0. The number of esters is 1. The Morgan fingerprint density at radius 2 is 1.80 bits per heavy atom. The fourth-order valence-corrected chi connectivity index (χ4v) is 3.18. The van der Waals surface area contributed by atoms with Gasteiger partial charge < -0.3 is 19.5 Å². The number of hydrogen-bond donors (Lipinski definition) is 1. The van der Waals surface area contributed by atoms with E-state index in [0.29, 0.717) is 30.6 Å². The van der Waals surface area contributed by atoms with Crippen molar-refractivity contribution < 1.29 is 23.8 Å². The minimum atomic E-state index is -0.583. The lowest BCUT2D eigenvalue weighted by Crippen LogP contribution is -2.33. The second-order valence-corrected chi connectivity index (χ2v) is 7.50. The van der Waals surface area contributed by atoms with Crippen molar-refractivity contribution in [1.82, 2.24) is 5.32 Å². The van der Waals surface area contributed by atoms with Crippen molar-refractivity contribution in [2.75, 3.05) is 19.8 Å². The SMILES string of the molecule is CC(C)C[C@H](NC(=O)COC(=O)/C=C/c1ccc2c(c1)OCCO2)c1ccccc1. The number of nitrogens with one attached hydrogen (secondary N) is 1. The van der Waals surface area contributed by atoms with Crippen LogP contribution in [-0.2, 0) is 14.3 Å². The van der Waals surface area contributed by atoms with Gasteiger partial charge in [-0.3, -0.25) is 4.79 Å². The quantitative estimate of drug-likeness (QED) is 0.528. The number of benzene rings is 2. The molecule has 1 amide bonds. The van der Waals surface area contributed by atoms with Gasteiger partial charge in [0.2, 0.25) is 0 Å². The summed E-state index contributed by atoms with van der Waals surface area (Å²) in [7, 11) is 0. The van der Waals surface area contributed by atoms with E-state index in [2.05, 4.69) is 19.2 Å². The summed E-state index contributed by atoms with van der Waals surface area (Å²) in [5.74, 6) is 0.831. The molecule has 0 aromatic heterocycles. The highest BCUT2D eigenvalue weighted by molar-refractivity contribution is 5.89. The van der Waals surface area contributed by atoms with Gasteiger partial charge in [-0.2, -0.15) is 0 Å². The Morgan fingerprint density at radius 1 is 1.07 bits per heavy atom. The second kappa shape index (κ2) is 10.5. The largest absolute Gasteiger partial charge is 0.486 e. The molecule has 30 heavy (non-hydrogen) atoms. The molecular formula is C24H27NO5. The van der Waals surface area contributed by atoms with Gasteiger partial charge in [0.05, 0.1) is 6.04 Å². The summed E-state index contributed by atoms with van der Waals surface area (Å²) in [5, 5.41) is 2.96. The lowest BCUT2D eigenvalue weighted by molar-refractivity contribution is -0.144. The number of rotatable bonds is 8. The molecule has 2 aromatic carbocycles. The predicted molar refractivity (Wildman–Crippen MR) is 114 cm³/mol. The molecule has 0 spiro atoms. The molecule has 1 heterocycles. The molecule has 158 valence electrons. The Hall–Kier alpha value is -3.28. The number of amides is 1. The van der Waals surface area contributed by atoms with Crippen LogP contribution >= 0.6 is 0 Å². The van der Waals surface area contributed by atoms with Crippen molar-refractivity contribution in [3.63, 3.8) is 0 Å². The maximum absolute atomic E-state index is 12.3. The molecule has 3 rings (SSSR count). The molecule has 0 unspecified atom stereocenters. The van der Waals surface area contributed by atoms with E-state index >= 15 is 0 Å². The average molecular weight is 409 g/mol. The smallest absolute Gasteiger partial charge is 0.331 e. The molecule has 0 bridgehead atoms. The Kier molecular flexibility index (Phi) is 7.49. The fourth-order valence-electron chi connectivity index (χ4n) is 3.18. The third kappa shape index (κ3) is 6.37. The van der Waals surface area contributed by atoms with E-state index in [1.54, 1.807) is 18.2 Å². The molecule has 1 N–H and O–H groups in total. The highest BCUT2D eigenvalue weighted by Gasteiger charge is 2.17. The van der Waals surface area contributed by atoms with Gasteiger partial charge in [0, 0.05) is 6.08 Å². The van der Waals surface area contributed by atoms with Gasteiger partial charge in [0.15, 0.2) is 18.1 Å². The molecule has 0 aliphatic carbocycles. The zero-order valence-corrected chi connectivity index (χ0v) is 17.3. The first-order chi connectivity index (χ1) is 14.5. The first-order valence-corrected chi connectivity index (χ1v) is 10.1. The summed E-state index contributed by atoms with van der Waals surface area (Å²) < 4.78 is 16.1. The van der Waals surface area contributed by atoms with Crippen LogP contribution in [0.4, 0.5) is 0 Å². The van der Waals surface area contributed by atoms with Crippen molar-refractivity contribution in [1.29, 1.82) is 0 Å². The lowest BCUT2D eigenvalue weighted by Gasteiger charge is -2.21. The van der Waals surface area contributed by atoms with Crippen molar-refractivity contribution in [3.8, 4) is 11.5 Å². The Bertz CT molecular complexity index is 892. The first-order valence-electron chi connectivity index (χ1n) is 10.1. The normalized spacial score (nSPS) is 13.8. The van der Waals surface area contributed by atoms with Crippen molar-refractivity contribution in [2.45, 2.75) is 26.3 Å². The maximum Gasteiger partial charge on any atom is 0.331 e. The molecular weight excluding hydrogens is 382 g/mol. The third-order valence-electron chi connectivity index (χ3n) is 4.57. The van der Waals surface area contributed by atoms with Gasteiger partial charge in [-0.05, 0) is 41.7 Å². The topological polar surface area (TPSA) is 73.9 Å². The van der Waals surface area contributed by atoms with Crippen molar-refractivity contribution >= 4 is 18.0 Å². The maximum atomic E-state index is 12.3. The second-order valence-electron chi connectivity index (χ2n) is 7.50. The minimum Gasteiger partial charge on any atom is -0.486 e. The van der Waals surface area contributed by atoms with E-state index in [1.165, 1.54) is 6.08 Å². The number of carbonyl (C=O) groups excluding carboxylic acids is 2.